The van der Waals surface area contributed by atoms with Crippen LogP contribution in [0.15, 0.2) is 12.3 Å². The lowest BCUT2D eigenvalue weighted by Crippen LogP contribution is -2.47. The smallest absolute Gasteiger partial charge is 0.220 e. The molecule has 0 radical (unpaired) electrons. The molecule has 0 atom stereocenters. The number of anilines is 1. The van der Waals surface area contributed by atoms with Crippen LogP contribution >= 0.6 is 0 Å². The normalized spacial score (nSPS) is 16.6. The van der Waals surface area contributed by atoms with Crippen LogP contribution in [0, 0.1) is 0 Å². The first-order chi connectivity index (χ1) is 11.5. The van der Waals surface area contributed by atoms with Gasteiger partial charge in [-0.2, -0.15) is 4.31 Å². The number of piperidine rings is 1. The SMILES string of the molecule is CCCCS(=O)(=O)N(CCCc1ccnc(N)n1)C1CCNCC1. The molecule has 1 aliphatic rings. The van der Waals surface area contributed by atoms with Crippen LogP contribution in [0.5, 0.6) is 0 Å². The summed E-state index contributed by atoms with van der Waals surface area (Å²) in [6.07, 6.45) is 6.45. The van der Waals surface area contributed by atoms with E-state index in [0.29, 0.717) is 19.4 Å². The molecule has 0 saturated carbocycles. The molecule has 1 aliphatic heterocycles. The van der Waals surface area contributed by atoms with Crippen molar-refractivity contribution in [3.05, 3.63) is 18.0 Å². The molecule has 24 heavy (non-hydrogen) atoms. The molecule has 0 aromatic carbocycles. The highest BCUT2D eigenvalue weighted by atomic mass is 32.2. The number of hydrogen-bond acceptors (Lipinski definition) is 6. The van der Waals surface area contributed by atoms with Crippen LogP contribution in [-0.4, -0.2) is 54.1 Å². The zero-order valence-electron chi connectivity index (χ0n) is 14.4. The van der Waals surface area contributed by atoms with E-state index in [0.717, 1.165) is 44.5 Å². The van der Waals surface area contributed by atoms with Crippen molar-refractivity contribution in [2.75, 3.05) is 31.1 Å². The number of hydrogen-bond donors (Lipinski definition) is 2. The highest BCUT2D eigenvalue weighted by Crippen LogP contribution is 2.19. The molecular formula is C16H29N5O2S. The third-order valence-corrected chi connectivity index (χ3v) is 6.37. The number of nitrogen functional groups attached to an aromatic ring is 1. The molecule has 3 N–H and O–H groups in total. The fourth-order valence-electron chi connectivity index (χ4n) is 3.06. The predicted molar refractivity (Wildman–Crippen MR) is 96.1 cm³/mol. The standard InChI is InChI=1S/C16H29N5O2S/c1-2-3-13-24(22,23)21(15-7-9-18-10-8-15)12-4-5-14-6-11-19-16(17)20-14/h6,11,15,18H,2-5,7-10,12-13H2,1H3,(H2,17,19,20). The van der Waals surface area contributed by atoms with Crippen LogP contribution in [0.3, 0.4) is 0 Å². The molecule has 136 valence electrons. The van der Waals surface area contributed by atoms with Crippen molar-refractivity contribution in [3.63, 3.8) is 0 Å². The Bertz CT molecular complexity index is 602. The molecule has 2 heterocycles. The van der Waals surface area contributed by atoms with Crippen molar-refractivity contribution in [1.82, 2.24) is 19.6 Å². The highest BCUT2D eigenvalue weighted by Gasteiger charge is 2.30. The topological polar surface area (TPSA) is 101 Å². The predicted octanol–water partition coefficient (Wildman–Crippen LogP) is 1.18. The van der Waals surface area contributed by atoms with Crippen LogP contribution in [0.25, 0.3) is 0 Å². The van der Waals surface area contributed by atoms with Gasteiger partial charge in [-0.25, -0.2) is 18.4 Å². The molecule has 0 unspecified atom stereocenters. The number of nitrogens with two attached hydrogens (primary N) is 1. The summed E-state index contributed by atoms with van der Waals surface area (Å²) in [6.45, 7) is 4.32. The number of nitrogens with zero attached hydrogens (tertiary/aromatic N) is 3. The van der Waals surface area contributed by atoms with Crippen LogP contribution < -0.4 is 11.1 Å². The van der Waals surface area contributed by atoms with E-state index in [1.54, 1.807) is 10.5 Å². The van der Waals surface area contributed by atoms with Crippen LogP contribution in [0.2, 0.25) is 0 Å². The van der Waals surface area contributed by atoms with Gasteiger partial charge in [0.25, 0.3) is 0 Å². The van der Waals surface area contributed by atoms with Gasteiger partial charge < -0.3 is 11.1 Å². The zero-order valence-corrected chi connectivity index (χ0v) is 15.3. The zero-order chi connectivity index (χ0) is 17.4. The summed E-state index contributed by atoms with van der Waals surface area (Å²) in [5.41, 5.74) is 6.46. The van der Waals surface area contributed by atoms with Gasteiger partial charge in [0.2, 0.25) is 16.0 Å². The molecule has 2 rings (SSSR count). The summed E-state index contributed by atoms with van der Waals surface area (Å²) >= 11 is 0. The monoisotopic (exact) mass is 355 g/mol. The second kappa shape index (κ2) is 9.29. The number of rotatable bonds is 9. The second-order valence-electron chi connectivity index (χ2n) is 6.27. The first kappa shape index (κ1) is 19.1. The molecule has 0 spiro atoms. The first-order valence-electron chi connectivity index (χ1n) is 8.80. The summed E-state index contributed by atoms with van der Waals surface area (Å²) in [5.74, 6) is 0.506. The quantitative estimate of drug-likeness (QED) is 0.690. The van der Waals surface area contributed by atoms with E-state index >= 15 is 0 Å². The maximum Gasteiger partial charge on any atom is 0.220 e. The van der Waals surface area contributed by atoms with Gasteiger partial charge in [-0.3, -0.25) is 0 Å². The largest absolute Gasteiger partial charge is 0.368 e. The minimum absolute atomic E-state index is 0.114. The van der Waals surface area contributed by atoms with Gasteiger partial charge >= 0.3 is 0 Å². The molecule has 0 bridgehead atoms. The second-order valence-corrected chi connectivity index (χ2v) is 8.31. The molecule has 1 aromatic heterocycles. The van der Waals surface area contributed by atoms with Gasteiger partial charge in [0.1, 0.15) is 0 Å². The molecule has 7 nitrogen and oxygen atoms in total. The lowest BCUT2D eigenvalue weighted by molar-refractivity contribution is 0.259. The average molecular weight is 356 g/mol. The Morgan fingerprint density at radius 2 is 2.08 bits per heavy atom. The minimum Gasteiger partial charge on any atom is -0.368 e. The summed E-state index contributed by atoms with van der Waals surface area (Å²) in [4.78, 5) is 8.07. The highest BCUT2D eigenvalue weighted by molar-refractivity contribution is 7.89. The van der Waals surface area contributed by atoms with Crippen molar-refractivity contribution in [2.24, 2.45) is 0 Å². The maximum atomic E-state index is 12.7. The van der Waals surface area contributed by atoms with Crippen molar-refractivity contribution in [2.45, 2.75) is 51.5 Å². The number of aromatic nitrogens is 2. The molecule has 8 heteroatoms. The van der Waals surface area contributed by atoms with Gasteiger partial charge in [-0.1, -0.05) is 13.3 Å². The molecule has 0 aliphatic carbocycles. The Kier molecular flexibility index (Phi) is 7.39. The van der Waals surface area contributed by atoms with E-state index in [1.807, 2.05) is 13.0 Å². The summed E-state index contributed by atoms with van der Waals surface area (Å²) in [6, 6.07) is 1.94. The van der Waals surface area contributed by atoms with E-state index in [9.17, 15) is 8.42 Å². The van der Waals surface area contributed by atoms with E-state index in [4.69, 9.17) is 5.73 Å². The van der Waals surface area contributed by atoms with Gasteiger partial charge in [-0.05, 0) is 51.3 Å². The number of aryl methyl sites for hydroxylation is 1. The summed E-state index contributed by atoms with van der Waals surface area (Å²) < 4.78 is 27.2. The van der Waals surface area contributed by atoms with Gasteiger partial charge in [-0.15, -0.1) is 0 Å². The Labute approximate surface area is 145 Å². The summed E-state index contributed by atoms with van der Waals surface area (Å²) in [7, 11) is -3.20. The van der Waals surface area contributed by atoms with Gasteiger partial charge in [0.15, 0.2) is 0 Å². The van der Waals surface area contributed by atoms with Gasteiger partial charge in [0, 0.05) is 24.5 Å². The Hall–Kier alpha value is -1.25. The van der Waals surface area contributed by atoms with Crippen LogP contribution in [0.1, 0.15) is 44.7 Å². The molecule has 1 aromatic rings. The van der Waals surface area contributed by atoms with E-state index < -0.39 is 10.0 Å². The van der Waals surface area contributed by atoms with Crippen LogP contribution in [-0.2, 0) is 16.4 Å². The maximum absolute atomic E-state index is 12.7. The third kappa shape index (κ3) is 5.68. The van der Waals surface area contributed by atoms with E-state index in [-0.39, 0.29) is 17.7 Å². The molecule has 1 fully saturated rings. The van der Waals surface area contributed by atoms with E-state index in [2.05, 4.69) is 15.3 Å². The lowest BCUT2D eigenvalue weighted by Gasteiger charge is -2.33. The fourth-order valence-corrected chi connectivity index (χ4v) is 5.02. The first-order valence-corrected chi connectivity index (χ1v) is 10.4. The van der Waals surface area contributed by atoms with Crippen molar-refractivity contribution >= 4 is 16.0 Å². The molecular weight excluding hydrogens is 326 g/mol. The number of nitrogens with one attached hydrogen (secondary N) is 1. The summed E-state index contributed by atoms with van der Waals surface area (Å²) in [5, 5.41) is 3.30. The van der Waals surface area contributed by atoms with E-state index in [1.165, 1.54) is 0 Å². The number of unbranched alkanes of at least 4 members (excludes halogenated alkanes) is 1. The average Bonchev–Trinajstić information content (AvgIpc) is 2.57. The van der Waals surface area contributed by atoms with Crippen molar-refractivity contribution in [1.29, 1.82) is 0 Å². The number of sulfonamides is 1. The lowest BCUT2D eigenvalue weighted by atomic mass is 10.1. The Morgan fingerprint density at radius 3 is 2.75 bits per heavy atom. The van der Waals surface area contributed by atoms with Crippen molar-refractivity contribution < 1.29 is 8.42 Å². The molecule has 1 saturated heterocycles. The molecule has 0 amide bonds. The van der Waals surface area contributed by atoms with Crippen LogP contribution in [0.4, 0.5) is 5.95 Å². The van der Waals surface area contributed by atoms with Crippen molar-refractivity contribution in [3.8, 4) is 0 Å². The third-order valence-electron chi connectivity index (χ3n) is 4.37. The Balaban J connectivity index is 1.99. The minimum atomic E-state index is -3.20. The fraction of sp³-hybridized carbons (Fsp3) is 0.750. The Morgan fingerprint density at radius 1 is 1.33 bits per heavy atom. The van der Waals surface area contributed by atoms with Gasteiger partial charge in [0.05, 0.1) is 5.75 Å².